The van der Waals surface area contributed by atoms with E-state index >= 15 is 0 Å². The molecule has 2 heterocycles. The summed E-state index contributed by atoms with van der Waals surface area (Å²) >= 11 is 0. The number of nitrogens with one attached hydrogen (secondary N) is 4. The molecule has 0 spiro atoms. The van der Waals surface area contributed by atoms with Crippen LogP contribution in [0, 0.1) is 0 Å². The minimum Gasteiger partial charge on any atom is -0.355 e. The van der Waals surface area contributed by atoms with Gasteiger partial charge in [0.15, 0.2) is 0 Å². The zero-order valence-corrected chi connectivity index (χ0v) is 15.8. The van der Waals surface area contributed by atoms with E-state index in [2.05, 4.69) is 30.6 Å². The Hall–Kier alpha value is -2.32. The average Bonchev–Trinajstić information content (AvgIpc) is 3.26. The number of para-hydroxylation sites is 4. The van der Waals surface area contributed by atoms with Gasteiger partial charge in [-0.15, -0.1) is 0 Å². The lowest BCUT2D eigenvalue weighted by Crippen LogP contribution is -2.06. The third-order valence-corrected chi connectivity index (χ3v) is 6.23. The number of aromatic nitrogens is 4. The first kappa shape index (κ1) is 17.1. The molecule has 0 saturated carbocycles. The minimum atomic E-state index is 0.836. The molecule has 2 aromatic heterocycles. The van der Waals surface area contributed by atoms with Gasteiger partial charge in [-0.05, 0) is 24.3 Å². The molecular formula is C18H20N6S2. The van der Waals surface area contributed by atoms with Gasteiger partial charge in [0, 0.05) is 24.6 Å². The number of hydrogen-bond acceptors (Lipinski definition) is 6. The third-order valence-electron chi connectivity index (χ3n) is 3.82. The van der Waals surface area contributed by atoms with Gasteiger partial charge in [-0.25, -0.2) is 9.97 Å². The predicted octanol–water partition coefficient (Wildman–Crippen LogP) is 4.34. The molecule has 0 amide bonds. The Labute approximate surface area is 159 Å². The highest BCUT2D eigenvalue weighted by Gasteiger charge is 2.02. The Morgan fingerprint density at radius 1 is 0.692 bits per heavy atom. The van der Waals surface area contributed by atoms with Crippen LogP contribution in [0.25, 0.3) is 22.1 Å². The van der Waals surface area contributed by atoms with Crippen LogP contribution in [0.1, 0.15) is 0 Å². The summed E-state index contributed by atoms with van der Waals surface area (Å²) in [5.41, 5.74) is 4.12. The number of H-pyrrole nitrogens is 2. The first-order valence-electron chi connectivity index (χ1n) is 8.50. The number of hydrogen-bond donors (Lipinski definition) is 4. The zero-order chi connectivity index (χ0) is 17.6. The molecule has 0 saturated heterocycles. The molecule has 8 heteroatoms. The molecule has 0 bridgehead atoms. The highest BCUT2D eigenvalue weighted by molar-refractivity contribution is 8.76. The molecule has 6 nitrogen and oxygen atoms in total. The molecule has 134 valence electrons. The number of benzene rings is 2. The average molecular weight is 385 g/mol. The Morgan fingerprint density at radius 3 is 1.62 bits per heavy atom. The Balaban J connectivity index is 1.10. The van der Waals surface area contributed by atoms with Crippen molar-refractivity contribution in [1.29, 1.82) is 0 Å². The quantitative estimate of drug-likeness (QED) is 0.254. The summed E-state index contributed by atoms with van der Waals surface area (Å²) in [6.45, 7) is 1.77. The molecule has 0 atom stereocenters. The fourth-order valence-electron chi connectivity index (χ4n) is 2.61. The van der Waals surface area contributed by atoms with Crippen molar-refractivity contribution in [1.82, 2.24) is 19.9 Å². The molecule has 0 aliphatic rings. The number of imidazole rings is 2. The molecule has 4 aromatic rings. The number of nitrogens with zero attached hydrogens (tertiary/aromatic N) is 2. The van der Waals surface area contributed by atoms with E-state index in [1.165, 1.54) is 0 Å². The molecule has 0 aliphatic heterocycles. The first-order chi connectivity index (χ1) is 12.9. The van der Waals surface area contributed by atoms with Crippen molar-refractivity contribution in [2.24, 2.45) is 0 Å². The van der Waals surface area contributed by atoms with Crippen molar-refractivity contribution in [3.8, 4) is 0 Å². The Morgan fingerprint density at radius 2 is 1.15 bits per heavy atom. The highest BCUT2D eigenvalue weighted by Crippen LogP contribution is 2.21. The van der Waals surface area contributed by atoms with E-state index in [9.17, 15) is 0 Å². The van der Waals surface area contributed by atoms with E-state index in [0.29, 0.717) is 0 Å². The topological polar surface area (TPSA) is 81.4 Å². The zero-order valence-electron chi connectivity index (χ0n) is 14.2. The second-order valence-corrected chi connectivity index (χ2v) is 8.40. The maximum atomic E-state index is 4.51. The maximum absolute atomic E-state index is 4.51. The molecule has 4 N–H and O–H groups in total. The molecule has 0 radical (unpaired) electrons. The van der Waals surface area contributed by atoms with E-state index < -0.39 is 0 Å². The normalized spacial score (nSPS) is 11.2. The summed E-state index contributed by atoms with van der Waals surface area (Å²) in [5, 5.41) is 6.67. The molecule has 26 heavy (non-hydrogen) atoms. The number of fused-ring (bicyclic) bond motifs is 2. The monoisotopic (exact) mass is 384 g/mol. The van der Waals surface area contributed by atoms with Gasteiger partial charge in [-0.1, -0.05) is 45.9 Å². The van der Waals surface area contributed by atoms with Crippen LogP contribution >= 0.6 is 21.6 Å². The summed E-state index contributed by atoms with van der Waals surface area (Å²) < 4.78 is 0. The molecule has 4 rings (SSSR count). The Kier molecular flexibility index (Phi) is 5.51. The van der Waals surface area contributed by atoms with Gasteiger partial charge < -0.3 is 20.6 Å². The van der Waals surface area contributed by atoms with E-state index in [4.69, 9.17) is 0 Å². The first-order valence-corrected chi connectivity index (χ1v) is 11.0. The van der Waals surface area contributed by atoms with Gasteiger partial charge in [0.1, 0.15) is 0 Å². The van der Waals surface area contributed by atoms with Crippen LogP contribution in [0.3, 0.4) is 0 Å². The summed E-state index contributed by atoms with van der Waals surface area (Å²) in [6.07, 6.45) is 0. The predicted molar refractivity (Wildman–Crippen MR) is 114 cm³/mol. The van der Waals surface area contributed by atoms with Gasteiger partial charge in [-0.3, -0.25) is 0 Å². The molecule has 2 aromatic carbocycles. The summed E-state index contributed by atoms with van der Waals surface area (Å²) in [4.78, 5) is 15.6. The third kappa shape index (κ3) is 4.25. The second kappa shape index (κ2) is 8.37. The minimum absolute atomic E-state index is 0.836. The summed E-state index contributed by atoms with van der Waals surface area (Å²) in [6, 6.07) is 16.1. The van der Waals surface area contributed by atoms with Crippen LogP contribution in [-0.2, 0) is 0 Å². The number of aromatic amines is 2. The van der Waals surface area contributed by atoms with Crippen molar-refractivity contribution in [3.63, 3.8) is 0 Å². The molecule has 0 fully saturated rings. The van der Waals surface area contributed by atoms with Gasteiger partial charge >= 0.3 is 0 Å². The highest BCUT2D eigenvalue weighted by atomic mass is 33.1. The van der Waals surface area contributed by atoms with Crippen molar-refractivity contribution in [3.05, 3.63) is 48.5 Å². The van der Waals surface area contributed by atoms with E-state index in [1.54, 1.807) is 0 Å². The molecule has 0 aliphatic carbocycles. The fraction of sp³-hybridized carbons (Fsp3) is 0.222. The van der Waals surface area contributed by atoms with Crippen LogP contribution in [0.5, 0.6) is 0 Å². The lowest BCUT2D eigenvalue weighted by Gasteiger charge is -2.04. The number of rotatable bonds is 9. The van der Waals surface area contributed by atoms with E-state index in [-0.39, 0.29) is 0 Å². The standard InChI is InChI=1S/C18H20N6S2/c1-2-6-14-13(5-1)21-17(22-14)19-9-11-25-26-12-10-20-18-23-15-7-3-4-8-16(15)24-18/h1-8H,9-12H2,(H2,19,21,22)(H2,20,23,24). The van der Waals surface area contributed by atoms with Crippen molar-refractivity contribution >= 4 is 55.6 Å². The van der Waals surface area contributed by atoms with Crippen LogP contribution in [0.4, 0.5) is 11.9 Å². The van der Waals surface area contributed by atoms with Crippen LogP contribution in [-0.4, -0.2) is 44.5 Å². The fourth-order valence-corrected chi connectivity index (χ4v) is 4.43. The van der Waals surface area contributed by atoms with E-state index in [0.717, 1.165) is 58.6 Å². The Bertz CT molecular complexity index is 834. The van der Waals surface area contributed by atoms with Crippen molar-refractivity contribution in [2.45, 2.75) is 0 Å². The summed E-state index contributed by atoms with van der Waals surface area (Å²) in [7, 11) is 3.72. The molecule has 0 unspecified atom stereocenters. The van der Waals surface area contributed by atoms with Crippen molar-refractivity contribution in [2.75, 3.05) is 35.2 Å². The lowest BCUT2D eigenvalue weighted by molar-refractivity contribution is 1.15. The summed E-state index contributed by atoms with van der Waals surface area (Å²) in [5.74, 6) is 3.71. The second-order valence-electron chi connectivity index (χ2n) is 5.70. The van der Waals surface area contributed by atoms with Crippen LogP contribution in [0.2, 0.25) is 0 Å². The smallest absolute Gasteiger partial charge is 0.201 e. The van der Waals surface area contributed by atoms with Gasteiger partial charge in [-0.2, -0.15) is 0 Å². The maximum Gasteiger partial charge on any atom is 0.201 e. The van der Waals surface area contributed by atoms with Gasteiger partial charge in [0.2, 0.25) is 11.9 Å². The van der Waals surface area contributed by atoms with E-state index in [1.807, 2.05) is 70.1 Å². The van der Waals surface area contributed by atoms with Crippen molar-refractivity contribution < 1.29 is 0 Å². The van der Waals surface area contributed by atoms with Gasteiger partial charge in [0.05, 0.1) is 22.1 Å². The molecular weight excluding hydrogens is 364 g/mol. The SMILES string of the molecule is c1ccc2[nH]c(NCCSSCCNc3nc4ccccc4[nH]3)nc2c1. The number of anilines is 2. The van der Waals surface area contributed by atoms with Gasteiger partial charge in [0.25, 0.3) is 0 Å². The lowest BCUT2D eigenvalue weighted by atomic mass is 10.3. The van der Waals surface area contributed by atoms with Crippen LogP contribution < -0.4 is 10.6 Å². The largest absolute Gasteiger partial charge is 0.355 e. The van der Waals surface area contributed by atoms with Crippen LogP contribution in [0.15, 0.2) is 48.5 Å².